The summed E-state index contributed by atoms with van der Waals surface area (Å²) in [7, 11) is 0. The van der Waals surface area contributed by atoms with Gasteiger partial charge in [-0.1, -0.05) is 30.3 Å². The molecule has 178 valence electrons. The molecule has 0 atom stereocenters. The van der Waals surface area contributed by atoms with Crippen molar-refractivity contribution in [2.24, 2.45) is 0 Å². The van der Waals surface area contributed by atoms with Crippen LogP contribution < -0.4 is 0 Å². The van der Waals surface area contributed by atoms with E-state index in [0.29, 0.717) is 37.6 Å². The number of esters is 1. The molecule has 3 aromatic rings. The third kappa shape index (κ3) is 6.27. The van der Waals surface area contributed by atoms with Crippen LogP contribution in [-0.4, -0.2) is 55.3 Å². The number of thioether (sulfide) groups is 1. The molecule has 0 spiro atoms. The zero-order valence-electron chi connectivity index (χ0n) is 18.9. The number of hydrogen-bond acceptors (Lipinski definition) is 7. The van der Waals surface area contributed by atoms with Crippen LogP contribution in [0.4, 0.5) is 4.39 Å². The summed E-state index contributed by atoms with van der Waals surface area (Å²) in [4.78, 5) is 28.0. The molecule has 0 aliphatic carbocycles. The van der Waals surface area contributed by atoms with Gasteiger partial charge in [0, 0.05) is 18.0 Å². The van der Waals surface area contributed by atoms with Gasteiger partial charge in [-0.3, -0.25) is 9.59 Å². The fourth-order valence-electron chi connectivity index (χ4n) is 3.79. The highest BCUT2D eigenvalue weighted by Gasteiger charge is 2.24. The van der Waals surface area contributed by atoms with Crippen LogP contribution in [0.1, 0.15) is 5.56 Å². The second-order valence-corrected chi connectivity index (χ2v) is 8.87. The molecule has 0 unspecified atom stereocenters. The van der Waals surface area contributed by atoms with E-state index in [-0.39, 0.29) is 11.3 Å². The van der Waals surface area contributed by atoms with Gasteiger partial charge in [-0.25, -0.2) is 4.39 Å². The Kier molecular flexibility index (Phi) is 8.14. The second kappa shape index (κ2) is 11.6. The molecular formula is C27H23FN2O4S. The van der Waals surface area contributed by atoms with Gasteiger partial charge in [0.2, 0.25) is 5.78 Å². The first kappa shape index (κ1) is 24.5. The van der Waals surface area contributed by atoms with E-state index in [2.05, 4.69) is 0 Å². The summed E-state index contributed by atoms with van der Waals surface area (Å²) in [6.45, 7) is 1.30. The molecule has 6 nitrogen and oxygen atoms in total. The molecule has 0 bridgehead atoms. The molecular weight excluding hydrogens is 467 g/mol. The van der Waals surface area contributed by atoms with Crippen LogP contribution in [0.15, 0.2) is 77.2 Å². The van der Waals surface area contributed by atoms with Crippen molar-refractivity contribution in [3.05, 3.63) is 83.7 Å². The SMILES string of the molecule is N#C/C(C(=O)COC(=O)CSc1ccc2ccccc2c1)=C(\c1ccc(F)cc1)N1CCOCC1. The lowest BCUT2D eigenvalue weighted by molar-refractivity contribution is -0.144. The molecule has 0 aromatic heterocycles. The minimum atomic E-state index is -0.609. The monoisotopic (exact) mass is 490 g/mol. The Morgan fingerprint density at radius 1 is 1.03 bits per heavy atom. The van der Waals surface area contributed by atoms with Crippen LogP contribution in [0.3, 0.4) is 0 Å². The predicted octanol–water partition coefficient (Wildman–Crippen LogP) is 4.45. The number of morpholine rings is 1. The Morgan fingerprint density at radius 3 is 2.46 bits per heavy atom. The fraction of sp³-hybridized carbons (Fsp3) is 0.222. The first-order valence-corrected chi connectivity index (χ1v) is 12.1. The smallest absolute Gasteiger partial charge is 0.316 e. The van der Waals surface area contributed by atoms with Crippen LogP contribution in [0, 0.1) is 17.1 Å². The topological polar surface area (TPSA) is 79.6 Å². The maximum atomic E-state index is 13.5. The summed E-state index contributed by atoms with van der Waals surface area (Å²) in [5, 5.41) is 12.0. The number of benzene rings is 3. The van der Waals surface area contributed by atoms with E-state index in [4.69, 9.17) is 9.47 Å². The molecule has 1 heterocycles. The second-order valence-electron chi connectivity index (χ2n) is 7.82. The van der Waals surface area contributed by atoms with E-state index in [0.717, 1.165) is 15.7 Å². The minimum absolute atomic E-state index is 0.0332. The van der Waals surface area contributed by atoms with E-state index in [1.54, 1.807) is 0 Å². The zero-order valence-corrected chi connectivity index (χ0v) is 19.7. The number of halogens is 1. The largest absolute Gasteiger partial charge is 0.457 e. The van der Waals surface area contributed by atoms with E-state index in [9.17, 15) is 19.2 Å². The van der Waals surface area contributed by atoms with Crippen LogP contribution in [0.2, 0.25) is 0 Å². The Balaban J connectivity index is 1.43. The number of nitrogens with zero attached hydrogens (tertiary/aromatic N) is 2. The van der Waals surface area contributed by atoms with Crippen molar-refractivity contribution in [3.63, 3.8) is 0 Å². The standard InChI is InChI=1S/C27H23FN2O4S/c28-22-8-5-20(6-9-22)27(30-11-13-33-14-12-30)24(16-29)25(31)17-34-26(32)18-35-23-10-7-19-3-1-2-4-21(19)15-23/h1-10,15H,11-14,17-18H2/b27-24-. The Bertz CT molecular complexity index is 1290. The van der Waals surface area contributed by atoms with Crippen LogP contribution in [-0.2, 0) is 19.1 Å². The maximum Gasteiger partial charge on any atom is 0.316 e. The molecule has 1 aliphatic heterocycles. The van der Waals surface area contributed by atoms with Crippen LogP contribution in [0.25, 0.3) is 16.5 Å². The van der Waals surface area contributed by atoms with E-state index in [1.165, 1.54) is 36.0 Å². The highest BCUT2D eigenvalue weighted by atomic mass is 32.2. The van der Waals surface area contributed by atoms with Gasteiger partial charge >= 0.3 is 5.97 Å². The van der Waals surface area contributed by atoms with Crippen molar-refractivity contribution in [2.45, 2.75) is 4.90 Å². The maximum absolute atomic E-state index is 13.5. The van der Waals surface area contributed by atoms with E-state index >= 15 is 0 Å². The number of fused-ring (bicyclic) bond motifs is 1. The molecule has 4 rings (SSSR count). The van der Waals surface area contributed by atoms with Gasteiger partial charge in [0.1, 0.15) is 17.5 Å². The molecule has 35 heavy (non-hydrogen) atoms. The van der Waals surface area contributed by atoms with Gasteiger partial charge in [0.05, 0.1) is 24.7 Å². The molecule has 0 radical (unpaired) electrons. The molecule has 1 fully saturated rings. The predicted molar refractivity (Wildman–Crippen MR) is 132 cm³/mol. The average Bonchev–Trinajstić information content (AvgIpc) is 2.90. The number of hydrogen-bond donors (Lipinski definition) is 0. The molecule has 0 amide bonds. The van der Waals surface area contributed by atoms with Crippen LogP contribution >= 0.6 is 11.8 Å². The molecule has 8 heteroatoms. The third-order valence-corrected chi connectivity index (χ3v) is 6.48. The summed E-state index contributed by atoms with van der Waals surface area (Å²) >= 11 is 1.32. The van der Waals surface area contributed by atoms with E-state index in [1.807, 2.05) is 53.4 Å². The van der Waals surface area contributed by atoms with Crippen molar-refractivity contribution in [1.29, 1.82) is 5.26 Å². The first-order chi connectivity index (χ1) is 17.0. The molecule has 0 N–H and O–H groups in total. The van der Waals surface area contributed by atoms with Gasteiger partial charge in [-0.05, 0) is 52.7 Å². The van der Waals surface area contributed by atoms with E-state index < -0.39 is 24.2 Å². The minimum Gasteiger partial charge on any atom is -0.457 e. The van der Waals surface area contributed by atoms with Crippen LogP contribution in [0.5, 0.6) is 0 Å². The fourth-order valence-corrected chi connectivity index (χ4v) is 4.53. The highest BCUT2D eigenvalue weighted by molar-refractivity contribution is 8.00. The summed E-state index contributed by atoms with van der Waals surface area (Å²) in [6.07, 6.45) is 0. The lowest BCUT2D eigenvalue weighted by Gasteiger charge is -2.32. The van der Waals surface area contributed by atoms with Crippen molar-refractivity contribution >= 4 is 40.0 Å². The number of carbonyl (C=O) groups excluding carboxylic acids is 2. The highest BCUT2D eigenvalue weighted by Crippen LogP contribution is 2.26. The number of ketones is 1. The molecule has 1 aliphatic rings. The van der Waals surface area contributed by atoms with Crippen molar-refractivity contribution in [3.8, 4) is 6.07 Å². The lowest BCUT2D eigenvalue weighted by Crippen LogP contribution is -2.36. The Labute approximate surface area is 206 Å². The van der Waals surface area contributed by atoms with Gasteiger partial charge in [0.25, 0.3) is 0 Å². The van der Waals surface area contributed by atoms with Crippen molar-refractivity contribution in [1.82, 2.24) is 4.90 Å². The number of ether oxygens (including phenoxy) is 2. The van der Waals surface area contributed by atoms with Crippen molar-refractivity contribution < 1.29 is 23.5 Å². The Hall–Kier alpha value is -3.67. The number of rotatable bonds is 8. The normalized spacial score (nSPS) is 14.2. The number of Topliss-reactive ketones (excluding diaryl/α,β-unsaturated/α-hetero) is 1. The molecule has 1 saturated heterocycles. The molecule has 0 saturated carbocycles. The van der Waals surface area contributed by atoms with Gasteiger partial charge in [-0.15, -0.1) is 11.8 Å². The average molecular weight is 491 g/mol. The zero-order chi connectivity index (χ0) is 24.6. The summed E-state index contributed by atoms with van der Waals surface area (Å²) in [5.74, 6) is -1.55. The molecule has 3 aromatic carbocycles. The van der Waals surface area contributed by atoms with Crippen molar-refractivity contribution in [2.75, 3.05) is 38.7 Å². The summed E-state index contributed by atoms with van der Waals surface area (Å²) < 4.78 is 24.0. The number of carbonyl (C=O) groups is 2. The first-order valence-electron chi connectivity index (χ1n) is 11.1. The van der Waals surface area contributed by atoms with Gasteiger partial charge in [0.15, 0.2) is 6.61 Å². The lowest BCUT2D eigenvalue weighted by atomic mass is 10.0. The van der Waals surface area contributed by atoms with Gasteiger partial charge in [-0.2, -0.15) is 5.26 Å². The summed E-state index contributed by atoms with van der Waals surface area (Å²) in [6, 6.07) is 21.4. The van der Waals surface area contributed by atoms with Gasteiger partial charge < -0.3 is 14.4 Å². The quantitative estimate of drug-likeness (QED) is 0.200. The summed E-state index contributed by atoms with van der Waals surface area (Å²) in [5.41, 5.74) is 0.798. The number of nitriles is 1. The third-order valence-electron chi connectivity index (χ3n) is 5.51. The Morgan fingerprint density at radius 2 is 1.74 bits per heavy atom.